The Kier molecular flexibility index (Phi) is 5.81. The summed E-state index contributed by atoms with van der Waals surface area (Å²) in [6.07, 6.45) is 0. The van der Waals surface area contributed by atoms with Gasteiger partial charge in [0.05, 0.1) is 29.5 Å². The lowest BCUT2D eigenvalue weighted by Gasteiger charge is -2.28. The molecule has 0 atom stereocenters. The van der Waals surface area contributed by atoms with E-state index in [-0.39, 0.29) is 48.5 Å². The normalized spacial score (nSPS) is 17.0. The molecule has 10 nitrogen and oxygen atoms in total. The number of sulfonamides is 1. The summed E-state index contributed by atoms with van der Waals surface area (Å²) in [5.74, 6) is -0.790. The maximum Gasteiger partial charge on any atom is 0.265 e. The average molecular weight is 447 g/mol. The van der Waals surface area contributed by atoms with Gasteiger partial charge < -0.3 is 19.9 Å². The number of aromatic hydroxyl groups is 1. The third-order valence-corrected chi connectivity index (χ3v) is 6.85. The first-order valence-electron chi connectivity index (χ1n) is 9.59. The molecule has 1 fully saturated rings. The Morgan fingerprint density at radius 1 is 1.13 bits per heavy atom. The summed E-state index contributed by atoms with van der Waals surface area (Å²) in [6, 6.07) is 10.5. The molecule has 0 aliphatic carbocycles. The van der Waals surface area contributed by atoms with Gasteiger partial charge in [-0.15, -0.1) is 0 Å². The van der Waals surface area contributed by atoms with Gasteiger partial charge in [0.15, 0.2) is 6.61 Å². The number of rotatable bonds is 5. The van der Waals surface area contributed by atoms with Crippen molar-refractivity contribution in [3.8, 4) is 11.5 Å². The number of benzene rings is 2. The van der Waals surface area contributed by atoms with Gasteiger partial charge in [-0.05, 0) is 30.3 Å². The molecule has 2 aromatic rings. The van der Waals surface area contributed by atoms with Crippen LogP contribution in [0.3, 0.4) is 0 Å². The van der Waals surface area contributed by atoms with Gasteiger partial charge in [0.2, 0.25) is 15.9 Å². The molecule has 2 N–H and O–H groups in total. The number of nitrogens with one attached hydrogen (secondary N) is 1. The van der Waals surface area contributed by atoms with Crippen LogP contribution < -0.4 is 15.0 Å². The maximum atomic E-state index is 12.8. The molecule has 4 rings (SSSR count). The first-order valence-corrected chi connectivity index (χ1v) is 11.0. The topological polar surface area (TPSA) is 125 Å². The fourth-order valence-electron chi connectivity index (χ4n) is 3.37. The summed E-state index contributed by atoms with van der Waals surface area (Å²) < 4.78 is 37.5. The van der Waals surface area contributed by atoms with Crippen molar-refractivity contribution in [1.82, 2.24) is 4.31 Å². The Bertz CT molecular complexity index is 1110. The number of carbonyl (C=O) groups is 2. The minimum absolute atomic E-state index is 0.0599. The molecular weight excluding hydrogens is 426 g/mol. The van der Waals surface area contributed by atoms with Gasteiger partial charge in [0, 0.05) is 13.1 Å². The van der Waals surface area contributed by atoms with Crippen LogP contribution in [-0.2, 0) is 24.3 Å². The summed E-state index contributed by atoms with van der Waals surface area (Å²) >= 11 is 0. The zero-order valence-corrected chi connectivity index (χ0v) is 17.3. The van der Waals surface area contributed by atoms with Gasteiger partial charge in [-0.1, -0.05) is 12.1 Å². The number of phenolic OH excluding ortho intramolecular Hbond substituents is 1. The number of amides is 2. The molecule has 0 bridgehead atoms. The molecule has 2 aromatic carbocycles. The van der Waals surface area contributed by atoms with Crippen LogP contribution in [-0.4, -0.2) is 69.1 Å². The van der Waals surface area contributed by atoms with Crippen LogP contribution in [0.2, 0.25) is 0 Å². The van der Waals surface area contributed by atoms with Gasteiger partial charge in [0.1, 0.15) is 18.0 Å². The fourth-order valence-corrected chi connectivity index (χ4v) is 4.81. The Hall–Kier alpha value is -3.15. The van der Waals surface area contributed by atoms with E-state index in [2.05, 4.69) is 5.32 Å². The van der Waals surface area contributed by atoms with Crippen molar-refractivity contribution in [3.63, 3.8) is 0 Å². The standard InChI is InChI=1S/C20H21N3O7S/c24-17-6-5-14(31(27,28)22-7-9-29-10-8-22)11-15(17)21-19(25)12-23-16-3-1-2-4-18(16)30-13-20(23)26/h1-6,11,24H,7-10,12-13H2,(H,21,25). The Morgan fingerprint density at radius 2 is 1.87 bits per heavy atom. The molecule has 2 amide bonds. The van der Waals surface area contributed by atoms with Crippen LogP contribution >= 0.6 is 0 Å². The van der Waals surface area contributed by atoms with Gasteiger partial charge >= 0.3 is 0 Å². The zero-order chi connectivity index (χ0) is 22.0. The largest absolute Gasteiger partial charge is 0.506 e. The Balaban J connectivity index is 1.52. The van der Waals surface area contributed by atoms with Crippen LogP contribution in [0.4, 0.5) is 11.4 Å². The van der Waals surface area contributed by atoms with Crippen LogP contribution in [0.15, 0.2) is 47.4 Å². The lowest BCUT2D eigenvalue weighted by molar-refractivity contribution is -0.123. The lowest BCUT2D eigenvalue weighted by atomic mass is 10.2. The zero-order valence-electron chi connectivity index (χ0n) is 16.5. The highest BCUT2D eigenvalue weighted by molar-refractivity contribution is 7.89. The number of fused-ring (bicyclic) bond motifs is 1. The highest BCUT2D eigenvalue weighted by Gasteiger charge is 2.29. The summed E-state index contributed by atoms with van der Waals surface area (Å²) in [6.45, 7) is 0.542. The van der Waals surface area contributed by atoms with E-state index in [1.54, 1.807) is 24.3 Å². The van der Waals surface area contributed by atoms with Crippen molar-refractivity contribution in [2.75, 3.05) is 49.7 Å². The number of hydrogen-bond donors (Lipinski definition) is 2. The number of para-hydroxylation sites is 2. The van der Waals surface area contributed by atoms with Crippen molar-refractivity contribution in [2.45, 2.75) is 4.90 Å². The highest BCUT2D eigenvalue weighted by Crippen LogP contribution is 2.32. The van der Waals surface area contributed by atoms with Crippen molar-refractivity contribution in [2.24, 2.45) is 0 Å². The molecule has 0 unspecified atom stereocenters. The number of phenols is 1. The molecule has 0 aromatic heterocycles. The van der Waals surface area contributed by atoms with Crippen molar-refractivity contribution in [3.05, 3.63) is 42.5 Å². The minimum Gasteiger partial charge on any atom is -0.506 e. The SMILES string of the molecule is O=C(CN1C(=O)COc2ccccc21)Nc1cc(S(=O)(=O)N2CCOCC2)ccc1O. The Morgan fingerprint density at radius 3 is 2.65 bits per heavy atom. The third kappa shape index (κ3) is 4.33. The number of ether oxygens (including phenoxy) is 2. The van der Waals surface area contributed by atoms with Crippen LogP contribution in [0.1, 0.15) is 0 Å². The maximum absolute atomic E-state index is 12.8. The molecular formula is C20H21N3O7S. The van der Waals surface area contributed by atoms with E-state index in [1.165, 1.54) is 27.4 Å². The van der Waals surface area contributed by atoms with Crippen molar-refractivity contribution in [1.29, 1.82) is 0 Å². The van der Waals surface area contributed by atoms with Gasteiger partial charge in [-0.25, -0.2) is 8.42 Å². The van der Waals surface area contributed by atoms with E-state index < -0.39 is 15.9 Å². The molecule has 0 radical (unpaired) electrons. The summed E-state index contributed by atoms with van der Waals surface area (Å²) in [5.41, 5.74) is 0.398. The molecule has 1 saturated heterocycles. The van der Waals surface area contributed by atoms with E-state index in [4.69, 9.17) is 9.47 Å². The van der Waals surface area contributed by atoms with Crippen LogP contribution in [0.25, 0.3) is 0 Å². The van der Waals surface area contributed by atoms with Crippen molar-refractivity contribution >= 4 is 33.2 Å². The number of nitrogens with zero attached hydrogens (tertiary/aromatic N) is 2. The monoisotopic (exact) mass is 447 g/mol. The fraction of sp³-hybridized carbons (Fsp3) is 0.300. The second kappa shape index (κ2) is 8.53. The van der Waals surface area contributed by atoms with E-state index in [0.29, 0.717) is 24.7 Å². The number of carbonyl (C=O) groups excluding carboxylic acids is 2. The highest BCUT2D eigenvalue weighted by atomic mass is 32.2. The molecule has 31 heavy (non-hydrogen) atoms. The van der Waals surface area contributed by atoms with Crippen molar-refractivity contribution < 1.29 is 32.6 Å². The van der Waals surface area contributed by atoms with Gasteiger partial charge in [-0.3, -0.25) is 14.5 Å². The predicted molar refractivity (Wildman–Crippen MR) is 111 cm³/mol. The van der Waals surface area contributed by atoms with Gasteiger partial charge in [-0.2, -0.15) is 4.31 Å². The molecule has 164 valence electrons. The lowest BCUT2D eigenvalue weighted by Crippen LogP contribution is -2.43. The number of anilines is 2. The quantitative estimate of drug-likeness (QED) is 0.649. The molecule has 0 spiro atoms. The number of hydrogen-bond acceptors (Lipinski definition) is 7. The summed E-state index contributed by atoms with van der Waals surface area (Å²) in [4.78, 5) is 26.1. The van der Waals surface area contributed by atoms with E-state index in [9.17, 15) is 23.1 Å². The average Bonchev–Trinajstić information content (AvgIpc) is 2.78. The molecule has 11 heteroatoms. The summed E-state index contributed by atoms with van der Waals surface area (Å²) in [7, 11) is -3.80. The minimum atomic E-state index is -3.80. The predicted octanol–water partition coefficient (Wildman–Crippen LogP) is 0.777. The molecule has 2 heterocycles. The van der Waals surface area contributed by atoms with Crippen LogP contribution in [0, 0.1) is 0 Å². The number of morpholine rings is 1. The van der Waals surface area contributed by atoms with Crippen LogP contribution in [0.5, 0.6) is 11.5 Å². The Labute approximate surface area is 179 Å². The molecule has 2 aliphatic heterocycles. The van der Waals surface area contributed by atoms with Gasteiger partial charge in [0.25, 0.3) is 5.91 Å². The first-order chi connectivity index (χ1) is 14.9. The smallest absolute Gasteiger partial charge is 0.265 e. The van der Waals surface area contributed by atoms with E-state index in [0.717, 1.165) is 0 Å². The van der Waals surface area contributed by atoms with E-state index in [1.807, 2.05) is 0 Å². The molecule has 2 aliphatic rings. The van der Waals surface area contributed by atoms with E-state index >= 15 is 0 Å². The molecule has 0 saturated carbocycles. The second-order valence-corrected chi connectivity index (χ2v) is 8.92. The third-order valence-electron chi connectivity index (χ3n) is 4.96. The first kappa shape index (κ1) is 21.1. The summed E-state index contributed by atoms with van der Waals surface area (Å²) in [5, 5.41) is 12.6. The second-order valence-electron chi connectivity index (χ2n) is 6.98.